The molecule has 0 atom stereocenters. The van der Waals surface area contributed by atoms with Crippen molar-refractivity contribution in [3.05, 3.63) is 70.5 Å². The number of anilines is 1. The topological polar surface area (TPSA) is 68.0 Å². The zero-order chi connectivity index (χ0) is 15.4. The third kappa shape index (κ3) is 2.99. The molecule has 0 bridgehead atoms. The van der Waals surface area contributed by atoms with Gasteiger partial charge in [-0.1, -0.05) is 30.3 Å². The summed E-state index contributed by atoms with van der Waals surface area (Å²) < 4.78 is 0. The lowest BCUT2D eigenvalue weighted by molar-refractivity contribution is 0.0952. The van der Waals surface area contributed by atoms with Gasteiger partial charge < -0.3 is 11.1 Å². The lowest BCUT2D eigenvalue weighted by Crippen LogP contribution is -2.23. The van der Waals surface area contributed by atoms with Crippen LogP contribution in [0.1, 0.15) is 15.2 Å². The zero-order valence-corrected chi connectivity index (χ0v) is 12.6. The van der Waals surface area contributed by atoms with Crippen molar-refractivity contribution >= 4 is 23.1 Å². The summed E-state index contributed by atoms with van der Waals surface area (Å²) in [6, 6.07) is 15.6. The third-order valence-corrected chi connectivity index (χ3v) is 4.24. The molecule has 0 saturated heterocycles. The monoisotopic (exact) mass is 309 g/mol. The minimum absolute atomic E-state index is 0.210. The molecule has 2 aromatic heterocycles. The van der Waals surface area contributed by atoms with E-state index >= 15 is 0 Å². The van der Waals surface area contributed by atoms with Crippen molar-refractivity contribution in [2.75, 3.05) is 5.73 Å². The minimum atomic E-state index is -0.210. The zero-order valence-electron chi connectivity index (χ0n) is 11.8. The Morgan fingerprint density at radius 1 is 1.14 bits per heavy atom. The molecular weight excluding hydrogens is 294 g/mol. The second-order valence-corrected chi connectivity index (χ2v) is 5.74. The lowest BCUT2D eigenvalue weighted by atomic mass is 10.1. The second-order valence-electron chi connectivity index (χ2n) is 4.74. The third-order valence-electron chi connectivity index (χ3n) is 3.32. The fourth-order valence-corrected chi connectivity index (χ4v) is 3.05. The predicted octanol–water partition coefficient (Wildman–Crippen LogP) is 3.32. The van der Waals surface area contributed by atoms with Crippen LogP contribution in [0.15, 0.2) is 60.1 Å². The fourth-order valence-electron chi connectivity index (χ4n) is 2.22. The van der Waals surface area contributed by atoms with Gasteiger partial charge in [-0.15, -0.1) is 11.3 Å². The molecule has 0 fully saturated rings. The van der Waals surface area contributed by atoms with Crippen molar-refractivity contribution < 1.29 is 4.79 Å². The van der Waals surface area contributed by atoms with E-state index in [0.29, 0.717) is 12.1 Å². The van der Waals surface area contributed by atoms with Crippen LogP contribution in [0.5, 0.6) is 0 Å². The number of nitrogens with one attached hydrogen (secondary N) is 1. The van der Waals surface area contributed by atoms with Crippen LogP contribution in [-0.2, 0) is 6.54 Å². The average molecular weight is 309 g/mol. The number of aromatic nitrogens is 1. The van der Waals surface area contributed by atoms with Crippen molar-refractivity contribution in [1.29, 1.82) is 0 Å². The number of carbonyl (C=O) groups excluding carboxylic acids is 1. The Bertz CT molecular complexity index is 783. The van der Waals surface area contributed by atoms with Crippen LogP contribution in [-0.4, -0.2) is 10.9 Å². The molecule has 0 radical (unpaired) electrons. The molecule has 3 rings (SSSR count). The molecule has 3 aromatic rings. The van der Waals surface area contributed by atoms with Crippen LogP contribution in [0, 0.1) is 0 Å². The van der Waals surface area contributed by atoms with Crippen molar-refractivity contribution in [1.82, 2.24) is 10.3 Å². The molecule has 0 unspecified atom stereocenters. The lowest BCUT2D eigenvalue weighted by Gasteiger charge is -2.08. The van der Waals surface area contributed by atoms with Gasteiger partial charge in [0.1, 0.15) is 5.82 Å². The van der Waals surface area contributed by atoms with E-state index < -0.39 is 0 Å². The number of hydrogen-bond donors (Lipinski definition) is 2. The fraction of sp³-hybridized carbons (Fsp3) is 0.0588. The largest absolute Gasteiger partial charge is 0.383 e. The number of amides is 1. The van der Waals surface area contributed by atoms with Gasteiger partial charge >= 0.3 is 0 Å². The van der Waals surface area contributed by atoms with Crippen LogP contribution >= 0.6 is 11.3 Å². The van der Waals surface area contributed by atoms with E-state index in [0.717, 1.165) is 16.0 Å². The molecule has 1 amide bonds. The van der Waals surface area contributed by atoms with E-state index in [1.165, 1.54) is 0 Å². The summed E-state index contributed by atoms with van der Waals surface area (Å²) in [5.41, 5.74) is 8.42. The molecule has 0 spiro atoms. The van der Waals surface area contributed by atoms with Gasteiger partial charge in [-0.25, -0.2) is 4.98 Å². The molecule has 0 aliphatic heterocycles. The summed E-state index contributed by atoms with van der Waals surface area (Å²) >= 11 is 1.62. The van der Waals surface area contributed by atoms with Gasteiger partial charge in [0.2, 0.25) is 0 Å². The van der Waals surface area contributed by atoms with Crippen LogP contribution in [0.4, 0.5) is 5.82 Å². The van der Waals surface area contributed by atoms with E-state index in [-0.39, 0.29) is 11.7 Å². The minimum Gasteiger partial charge on any atom is -0.383 e. The van der Waals surface area contributed by atoms with Crippen LogP contribution < -0.4 is 11.1 Å². The Morgan fingerprint density at radius 3 is 2.73 bits per heavy atom. The smallest absolute Gasteiger partial charge is 0.255 e. The highest BCUT2D eigenvalue weighted by molar-refractivity contribution is 7.10. The summed E-state index contributed by atoms with van der Waals surface area (Å²) in [5.74, 6) is 0.0347. The van der Waals surface area contributed by atoms with Gasteiger partial charge in [0.15, 0.2) is 0 Å². The van der Waals surface area contributed by atoms with E-state index in [4.69, 9.17) is 5.73 Å². The molecule has 1 aromatic carbocycles. The van der Waals surface area contributed by atoms with E-state index in [9.17, 15) is 4.79 Å². The summed E-state index contributed by atoms with van der Waals surface area (Å²) in [6.07, 6.45) is 1.57. The van der Waals surface area contributed by atoms with Gasteiger partial charge in [0.25, 0.3) is 5.91 Å². The number of nitrogens with zero attached hydrogens (tertiary/aromatic N) is 1. The van der Waals surface area contributed by atoms with Gasteiger partial charge in [-0.2, -0.15) is 0 Å². The van der Waals surface area contributed by atoms with Gasteiger partial charge in [-0.3, -0.25) is 4.79 Å². The van der Waals surface area contributed by atoms with Crippen LogP contribution in [0.3, 0.4) is 0 Å². The van der Waals surface area contributed by atoms with Crippen LogP contribution in [0.25, 0.3) is 11.1 Å². The normalized spacial score (nSPS) is 10.4. The number of pyridine rings is 1. The first-order chi connectivity index (χ1) is 10.8. The number of hydrogen-bond acceptors (Lipinski definition) is 4. The Morgan fingerprint density at radius 2 is 1.95 bits per heavy atom. The van der Waals surface area contributed by atoms with Gasteiger partial charge in [-0.05, 0) is 34.7 Å². The molecule has 0 aliphatic rings. The van der Waals surface area contributed by atoms with E-state index in [1.807, 2.05) is 23.6 Å². The molecule has 4 nitrogen and oxygen atoms in total. The Labute approximate surface area is 132 Å². The maximum absolute atomic E-state index is 12.2. The number of thiophene rings is 1. The SMILES string of the molecule is Nc1ncccc1C(=O)NCc1sccc1-c1ccccc1. The van der Waals surface area contributed by atoms with Crippen molar-refractivity contribution in [2.24, 2.45) is 0 Å². The number of benzene rings is 1. The maximum Gasteiger partial charge on any atom is 0.255 e. The number of rotatable bonds is 4. The molecule has 0 saturated carbocycles. The molecule has 2 heterocycles. The average Bonchev–Trinajstić information content (AvgIpc) is 3.02. The molecule has 110 valence electrons. The number of nitrogen functional groups attached to an aromatic ring is 1. The van der Waals surface area contributed by atoms with Crippen molar-refractivity contribution in [3.63, 3.8) is 0 Å². The van der Waals surface area contributed by atoms with E-state index in [2.05, 4.69) is 28.5 Å². The quantitative estimate of drug-likeness (QED) is 0.777. The summed E-state index contributed by atoms with van der Waals surface area (Å²) in [6.45, 7) is 0.467. The first kappa shape index (κ1) is 14.3. The first-order valence-electron chi connectivity index (χ1n) is 6.86. The summed E-state index contributed by atoms with van der Waals surface area (Å²) in [4.78, 5) is 17.2. The maximum atomic E-state index is 12.2. The van der Waals surface area contributed by atoms with E-state index in [1.54, 1.807) is 29.7 Å². The molecule has 3 N–H and O–H groups in total. The molecular formula is C17H15N3OS. The highest BCUT2D eigenvalue weighted by Crippen LogP contribution is 2.28. The van der Waals surface area contributed by atoms with Crippen LogP contribution in [0.2, 0.25) is 0 Å². The molecule has 0 aliphatic carbocycles. The second kappa shape index (κ2) is 6.41. The molecule has 5 heteroatoms. The van der Waals surface area contributed by atoms with Crippen molar-refractivity contribution in [2.45, 2.75) is 6.54 Å². The Hall–Kier alpha value is -2.66. The number of carbonyl (C=O) groups is 1. The predicted molar refractivity (Wildman–Crippen MR) is 89.6 cm³/mol. The number of nitrogens with two attached hydrogens (primary N) is 1. The van der Waals surface area contributed by atoms with Crippen molar-refractivity contribution in [3.8, 4) is 11.1 Å². The summed E-state index contributed by atoms with van der Waals surface area (Å²) in [7, 11) is 0. The Kier molecular flexibility index (Phi) is 4.16. The van der Waals surface area contributed by atoms with Gasteiger partial charge in [0, 0.05) is 11.1 Å². The highest BCUT2D eigenvalue weighted by Gasteiger charge is 2.12. The first-order valence-corrected chi connectivity index (χ1v) is 7.74. The van der Waals surface area contributed by atoms with Gasteiger partial charge in [0.05, 0.1) is 12.1 Å². The molecule has 22 heavy (non-hydrogen) atoms. The Balaban J connectivity index is 1.75. The summed E-state index contributed by atoms with van der Waals surface area (Å²) in [5, 5.41) is 4.93. The standard InChI is InChI=1S/C17H15N3OS/c18-16-14(7-4-9-19-16)17(21)20-11-15-13(8-10-22-15)12-5-2-1-3-6-12/h1-10H,11H2,(H2,18,19)(H,20,21). The highest BCUT2D eigenvalue weighted by atomic mass is 32.1.